The van der Waals surface area contributed by atoms with Crippen molar-refractivity contribution in [1.29, 1.82) is 0 Å². The molecule has 0 aromatic heterocycles. The maximum Gasteiger partial charge on any atom is 0.511 e. The van der Waals surface area contributed by atoms with Gasteiger partial charge in [-0.15, -0.1) is 0 Å². The Morgan fingerprint density at radius 3 is 2.70 bits per heavy atom. The Kier molecular flexibility index (Phi) is 5.01. The summed E-state index contributed by atoms with van der Waals surface area (Å²) in [6.45, 7) is 4.27. The Morgan fingerprint density at radius 2 is 2.10 bits per heavy atom. The predicted octanol–water partition coefficient (Wildman–Crippen LogP) is 3.69. The van der Waals surface area contributed by atoms with Crippen LogP contribution in [-0.4, -0.2) is 24.7 Å². The van der Waals surface area contributed by atoms with Gasteiger partial charge in [-0.05, 0) is 31.7 Å². The predicted molar refractivity (Wildman–Crippen MR) is 75.4 cm³/mol. The number of benzene rings is 1. The van der Waals surface area contributed by atoms with E-state index in [9.17, 15) is 4.79 Å². The van der Waals surface area contributed by atoms with Gasteiger partial charge in [0.25, 0.3) is 0 Å². The average Bonchev–Trinajstić information content (AvgIpc) is 3.19. The summed E-state index contributed by atoms with van der Waals surface area (Å²) in [4.78, 5) is 11.6. The molecule has 1 heterocycles. The van der Waals surface area contributed by atoms with Gasteiger partial charge in [-0.2, -0.15) is 0 Å². The second-order valence-corrected chi connectivity index (χ2v) is 5.23. The Bertz CT molecular complexity index is 425. The molecule has 0 N–H and O–H groups in total. The lowest BCUT2D eigenvalue weighted by Crippen LogP contribution is -2.24. The van der Waals surface area contributed by atoms with Gasteiger partial charge in [0.05, 0.1) is 0 Å². The lowest BCUT2D eigenvalue weighted by Gasteiger charge is -2.15. The molecule has 1 saturated heterocycles. The molecule has 4 heteroatoms. The van der Waals surface area contributed by atoms with Gasteiger partial charge < -0.3 is 14.2 Å². The third kappa shape index (κ3) is 4.53. The van der Waals surface area contributed by atoms with Gasteiger partial charge in [-0.3, -0.25) is 0 Å². The van der Waals surface area contributed by atoms with E-state index in [1.165, 1.54) is 5.56 Å². The molecule has 0 saturated carbocycles. The fourth-order valence-corrected chi connectivity index (χ4v) is 1.96. The number of carbonyl (C=O) groups excluding carboxylic acids is 1. The van der Waals surface area contributed by atoms with E-state index in [0.717, 1.165) is 19.3 Å². The van der Waals surface area contributed by atoms with Crippen molar-refractivity contribution in [3.63, 3.8) is 0 Å². The average molecular weight is 278 g/mol. The van der Waals surface area contributed by atoms with Gasteiger partial charge in [0, 0.05) is 6.42 Å². The van der Waals surface area contributed by atoms with Gasteiger partial charge in [0.15, 0.2) is 0 Å². The number of epoxide rings is 1. The molecule has 20 heavy (non-hydrogen) atoms. The van der Waals surface area contributed by atoms with Crippen LogP contribution in [0.15, 0.2) is 30.3 Å². The van der Waals surface area contributed by atoms with Crippen LogP contribution in [0.1, 0.15) is 38.7 Å². The molecule has 1 aliphatic heterocycles. The quantitative estimate of drug-likeness (QED) is 0.564. The zero-order valence-corrected chi connectivity index (χ0v) is 12.1. The highest BCUT2D eigenvalue weighted by Gasteiger charge is 2.49. The number of ether oxygens (including phenoxy) is 3. The Morgan fingerprint density at radius 1 is 1.40 bits per heavy atom. The number of hydrogen-bond acceptors (Lipinski definition) is 4. The third-order valence-electron chi connectivity index (χ3n) is 3.47. The van der Waals surface area contributed by atoms with Crippen LogP contribution in [0.3, 0.4) is 0 Å². The molecule has 0 bridgehead atoms. The SMILES string of the molecule is CCC(C)OC(=O)OC1(CCCc2ccccc2)CO1. The zero-order valence-electron chi connectivity index (χ0n) is 12.1. The summed E-state index contributed by atoms with van der Waals surface area (Å²) in [7, 11) is 0. The molecule has 0 amide bonds. The molecule has 110 valence electrons. The first kappa shape index (κ1) is 14.9. The van der Waals surface area contributed by atoms with E-state index in [1.807, 2.05) is 32.0 Å². The molecule has 4 nitrogen and oxygen atoms in total. The Hall–Kier alpha value is -1.55. The van der Waals surface area contributed by atoms with Crippen molar-refractivity contribution in [2.45, 2.75) is 51.4 Å². The van der Waals surface area contributed by atoms with Crippen molar-refractivity contribution >= 4 is 6.16 Å². The number of aryl methyl sites for hydroxylation is 1. The fourth-order valence-electron chi connectivity index (χ4n) is 1.96. The number of carbonyl (C=O) groups is 1. The van der Waals surface area contributed by atoms with E-state index in [1.54, 1.807) is 0 Å². The third-order valence-corrected chi connectivity index (χ3v) is 3.47. The number of hydrogen-bond donors (Lipinski definition) is 0. The van der Waals surface area contributed by atoms with Crippen LogP contribution >= 0.6 is 0 Å². The van der Waals surface area contributed by atoms with Crippen LogP contribution < -0.4 is 0 Å². The van der Waals surface area contributed by atoms with E-state index in [-0.39, 0.29) is 6.10 Å². The van der Waals surface area contributed by atoms with Crippen molar-refractivity contribution in [2.75, 3.05) is 6.61 Å². The molecule has 0 aliphatic carbocycles. The van der Waals surface area contributed by atoms with Gasteiger partial charge in [-0.1, -0.05) is 37.3 Å². The second kappa shape index (κ2) is 6.75. The Labute approximate surface area is 120 Å². The Balaban J connectivity index is 1.71. The van der Waals surface area contributed by atoms with Crippen molar-refractivity contribution < 1.29 is 19.0 Å². The maximum atomic E-state index is 11.6. The molecule has 0 radical (unpaired) electrons. The summed E-state index contributed by atoms with van der Waals surface area (Å²) in [5.74, 6) is -0.737. The lowest BCUT2D eigenvalue weighted by molar-refractivity contribution is -0.0509. The van der Waals surface area contributed by atoms with Crippen molar-refractivity contribution in [2.24, 2.45) is 0 Å². The molecule has 1 fully saturated rings. The molecule has 2 rings (SSSR count). The second-order valence-electron chi connectivity index (χ2n) is 5.23. The first-order valence-corrected chi connectivity index (χ1v) is 7.21. The van der Waals surface area contributed by atoms with Crippen LogP contribution in [0.5, 0.6) is 0 Å². The standard InChI is InChI=1S/C16H22O4/c1-3-13(2)19-15(17)20-16(12-18-16)11-7-10-14-8-5-4-6-9-14/h4-6,8-9,13H,3,7,10-12H2,1-2H3. The molecule has 2 atom stereocenters. The molecule has 1 aromatic carbocycles. The van der Waals surface area contributed by atoms with Crippen LogP contribution in [0.2, 0.25) is 0 Å². The minimum atomic E-state index is -0.737. The molecular weight excluding hydrogens is 256 g/mol. The van der Waals surface area contributed by atoms with E-state index in [0.29, 0.717) is 13.0 Å². The molecule has 2 unspecified atom stereocenters. The summed E-state index contributed by atoms with van der Waals surface area (Å²) in [6, 6.07) is 10.2. The van der Waals surface area contributed by atoms with Crippen molar-refractivity contribution in [3.8, 4) is 0 Å². The highest BCUT2D eigenvalue weighted by Crippen LogP contribution is 2.34. The van der Waals surface area contributed by atoms with Crippen LogP contribution in [-0.2, 0) is 20.6 Å². The first-order valence-electron chi connectivity index (χ1n) is 7.21. The monoisotopic (exact) mass is 278 g/mol. The highest BCUT2D eigenvalue weighted by molar-refractivity contribution is 5.61. The highest BCUT2D eigenvalue weighted by atomic mass is 16.9. The smallest absolute Gasteiger partial charge is 0.431 e. The largest absolute Gasteiger partial charge is 0.511 e. The normalized spacial score (nSPS) is 22.1. The summed E-state index contributed by atoms with van der Waals surface area (Å²) >= 11 is 0. The van der Waals surface area contributed by atoms with E-state index < -0.39 is 11.9 Å². The van der Waals surface area contributed by atoms with Crippen LogP contribution in [0, 0.1) is 0 Å². The molecule has 0 spiro atoms. The summed E-state index contributed by atoms with van der Waals surface area (Å²) in [5.41, 5.74) is 1.28. The molecular formula is C16H22O4. The minimum Gasteiger partial charge on any atom is -0.431 e. The van der Waals surface area contributed by atoms with Gasteiger partial charge in [0.1, 0.15) is 12.7 Å². The van der Waals surface area contributed by atoms with Gasteiger partial charge in [0.2, 0.25) is 5.79 Å². The first-order chi connectivity index (χ1) is 9.63. The van der Waals surface area contributed by atoms with Crippen LogP contribution in [0.4, 0.5) is 4.79 Å². The van der Waals surface area contributed by atoms with Gasteiger partial charge >= 0.3 is 6.16 Å². The van der Waals surface area contributed by atoms with E-state index >= 15 is 0 Å². The van der Waals surface area contributed by atoms with E-state index in [2.05, 4.69) is 12.1 Å². The van der Waals surface area contributed by atoms with Crippen molar-refractivity contribution in [1.82, 2.24) is 0 Å². The zero-order chi connectivity index (χ0) is 14.4. The van der Waals surface area contributed by atoms with Crippen molar-refractivity contribution in [3.05, 3.63) is 35.9 Å². The molecule has 1 aromatic rings. The summed E-state index contributed by atoms with van der Waals surface area (Å²) in [6.07, 6.45) is 2.60. The van der Waals surface area contributed by atoms with Gasteiger partial charge in [-0.25, -0.2) is 4.79 Å². The molecule has 1 aliphatic rings. The topological polar surface area (TPSA) is 48.1 Å². The lowest BCUT2D eigenvalue weighted by atomic mass is 10.1. The summed E-state index contributed by atoms with van der Waals surface area (Å²) < 4.78 is 15.7. The van der Waals surface area contributed by atoms with E-state index in [4.69, 9.17) is 14.2 Å². The minimum absolute atomic E-state index is 0.123. The van der Waals surface area contributed by atoms with Crippen LogP contribution in [0.25, 0.3) is 0 Å². The summed E-state index contributed by atoms with van der Waals surface area (Å²) in [5, 5.41) is 0. The fraction of sp³-hybridized carbons (Fsp3) is 0.562. The maximum absolute atomic E-state index is 11.6. The number of rotatable bonds is 7.